The van der Waals surface area contributed by atoms with E-state index in [-0.39, 0.29) is 5.91 Å². The molecule has 0 aromatic heterocycles. The molecule has 2 aromatic carbocycles. The van der Waals surface area contributed by atoms with E-state index in [1.165, 1.54) is 4.31 Å². The van der Waals surface area contributed by atoms with Crippen LogP contribution < -0.4 is 14.4 Å². The number of rotatable bonds is 9. The molecule has 0 spiro atoms. The van der Waals surface area contributed by atoms with Crippen LogP contribution in [0.25, 0.3) is 0 Å². The van der Waals surface area contributed by atoms with Crippen molar-refractivity contribution in [3.63, 3.8) is 0 Å². The second-order valence-corrected chi connectivity index (χ2v) is 8.48. The fourth-order valence-corrected chi connectivity index (χ4v) is 4.26. The van der Waals surface area contributed by atoms with Crippen molar-refractivity contribution in [2.24, 2.45) is 0 Å². The molecule has 0 radical (unpaired) electrons. The average Bonchev–Trinajstić information content (AvgIpc) is 2.64. The molecular weight excluding hydrogens is 376 g/mol. The molecule has 1 atom stereocenters. The van der Waals surface area contributed by atoms with E-state index in [1.807, 2.05) is 38.1 Å². The van der Waals surface area contributed by atoms with Crippen LogP contribution in [0.1, 0.15) is 31.4 Å². The number of ether oxygens (including phenoxy) is 1. The van der Waals surface area contributed by atoms with Crippen molar-refractivity contribution in [1.29, 1.82) is 0 Å². The smallest absolute Gasteiger partial charge is 0.244 e. The lowest BCUT2D eigenvalue weighted by Gasteiger charge is -2.30. The summed E-state index contributed by atoms with van der Waals surface area (Å²) >= 11 is 0. The number of benzene rings is 2. The highest BCUT2D eigenvalue weighted by Crippen LogP contribution is 2.25. The number of carbonyl (C=O) groups is 1. The van der Waals surface area contributed by atoms with Crippen molar-refractivity contribution in [2.45, 2.75) is 39.8 Å². The molecule has 1 amide bonds. The average molecular weight is 405 g/mol. The van der Waals surface area contributed by atoms with Gasteiger partial charge in [0, 0.05) is 6.54 Å². The van der Waals surface area contributed by atoms with Gasteiger partial charge in [-0.3, -0.25) is 9.10 Å². The normalized spacial score (nSPS) is 12.3. The molecule has 1 unspecified atom stereocenters. The zero-order valence-electron chi connectivity index (χ0n) is 16.8. The Morgan fingerprint density at radius 3 is 2.36 bits per heavy atom. The van der Waals surface area contributed by atoms with Crippen LogP contribution in [0.4, 0.5) is 5.69 Å². The lowest BCUT2D eigenvalue weighted by molar-refractivity contribution is -0.122. The predicted molar refractivity (Wildman–Crippen MR) is 112 cm³/mol. The summed E-state index contributed by atoms with van der Waals surface area (Å²) in [7, 11) is -3.66. The number of hydrogen-bond donors (Lipinski definition) is 1. The highest BCUT2D eigenvalue weighted by Gasteiger charge is 2.31. The molecule has 0 saturated carbocycles. The van der Waals surface area contributed by atoms with Gasteiger partial charge in [-0.2, -0.15) is 0 Å². The number of sulfonamides is 1. The maximum atomic E-state index is 12.8. The molecular formula is C21H28N2O4S. The molecule has 2 rings (SSSR count). The van der Waals surface area contributed by atoms with Crippen LogP contribution in [0.2, 0.25) is 0 Å². The topological polar surface area (TPSA) is 75.7 Å². The second-order valence-electron chi connectivity index (χ2n) is 6.62. The summed E-state index contributed by atoms with van der Waals surface area (Å²) in [6.07, 6.45) is 1.46. The quantitative estimate of drug-likeness (QED) is 0.696. The summed E-state index contributed by atoms with van der Waals surface area (Å²) in [5.41, 5.74) is 2.50. The Hall–Kier alpha value is -2.54. The minimum absolute atomic E-state index is 0.330. The largest absolute Gasteiger partial charge is 0.494 e. The fraction of sp³-hybridized carbons (Fsp3) is 0.381. The van der Waals surface area contributed by atoms with Gasteiger partial charge in [0.05, 0.1) is 18.6 Å². The molecule has 0 saturated heterocycles. The highest BCUT2D eigenvalue weighted by atomic mass is 32.2. The molecule has 7 heteroatoms. The van der Waals surface area contributed by atoms with E-state index >= 15 is 0 Å². The third-order valence-corrected chi connectivity index (χ3v) is 5.46. The zero-order chi connectivity index (χ0) is 20.7. The summed E-state index contributed by atoms with van der Waals surface area (Å²) < 4.78 is 31.5. The van der Waals surface area contributed by atoms with Gasteiger partial charge in [-0.15, -0.1) is 0 Å². The van der Waals surface area contributed by atoms with Gasteiger partial charge < -0.3 is 10.1 Å². The molecule has 2 aromatic rings. The van der Waals surface area contributed by atoms with Gasteiger partial charge in [0.2, 0.25) is 15.9 Å². The van der Waals surface area contributed by atoms with Crippen molar-refractivity contribution in [3.05, 3.63) is 59.7 Å². The molecule has 0 aliphatic rings. The van der Waals surface area contributed by atoms with E-state index < -0.39 is 16.1 Å². The van der Waals surface area contributed by atoms with Crippen molar-refractivity contribution >= 4 is 21.6 Å². The fourth-order valence-electron chi connectivity index (χ4n) is 3.05. The first-order valence-corrected chi connectivity index (χ1v) is 11.2. The van der Waals surface area contributed by atoms with E-state index in [9.17, 15) is 13.2 Å². The maximum absolute atomic E-state index is 12.8. The Morgan fingerprint density at radius 1 is 1.14 bits per heavy atom. The number of anilines is 1. The third kappa shape index (κ3) is 5.73. The van der Waals surface area contributed by atoms with Crippen LogP contribution >= 0.6 is 0 Å². The Morgan fingerprint density at radius 2 is 1.82 bits per heavy atom. The number of nitrogens with zero attached hydrogens (tertiary/aromatic N) is 1. The molecule has 28 heavy (non-hydrogen) atoms. The van der Waals surface area contributed by atoms with E-state index in [2.05, 4.69) is 5.32 Å². The van der Waals surface area contributed by atoms with Crippen molar-refractivity contribution < 1.29 is 17.9 Å². The standard InChI is InChI=1S/C21H28N2O4S/c1-5-20(21(24)22-15-17-9-7-8-16(3)14-17)23(28(4,25)26)18-10-12-19(13-11-18)27-6-2/h7-14,20H,5-6,15H2,1-4H3,(H,22,24). The summed E-state index contributed by atoms with van der Waals surface area (Å²) in [5, 5.41) is 2.86. The summed E-state index contributed by atoms with van der Waals surface area (Å²) in [4.78, 5) is 12.8. The maximum Gasteiger partial charge on any atom is 0.244 e. The molecule has 0 fully saturated rings. The second kappa shape index (κ2) is 9.59. The number of aryl methyl sites for hydroxylation is 1. The van der Waals surface area contributed by atoms with Gasteiger partial charge >= 0.3 is 0 Å². The number of hydrogen-bond acceptors (Lipinski definition) is 4. The first kappa shape index (κ1) is 21.8. The lowest BCUT2D eigenvalue weighted by Crippen LogP contribution is -2.49. The first-order valence-electron chi connectivity index (χ1n) is 9.31. The van der Waals surface area contributed by atoms with Crippen LogP contribution in [0.5, 0.6) is 5.75 Å². The Labute approximate surface area is 167 Å². The van der Waals surface area contributed by atoms with Crippen molar-refractivity contribution in [2.75, 3.05) is 17.2 Å². The molecule has 0 aliphatic carbocycles. The van der Waals surface area contributed by atoms with Gasteiger partial charge in [-0.1, -0.05) is 36.8 Å². The molecule has 6 nitrogen and oxygen atoms in total. The van der Waals surface area contributed by atoms with Crippen LogP contribution in [-0.2, 0) is 21.4 Å². The van der Waals surface area contributed by atoms with Crippen molar-refractivity contribution in [3.8, 4) is 5.75 Å². The molecule has 1 N–H and O–H groups in total. The van der Waals surface area contributed by atoms with Gasteiger partial charge in [0.15, 0.2) is 0 Å². The van der Waals surface area contributed by atoms with Gasteiger partial charge in [-0.05, 0) is 50.1 Å². The predicted octanol–water partition coefficient (Wildman–Crippen LogP) is 3.25. The molecule has 0 bridgehead atoms. The molecule has 0 aliphatic heterocycles. The number of carbonyl (C=O) groups excluding carboxylic acids is 1. The summed E-state index contributed by atoms with van der Waals surface area (Å²) in [6, 6.07) is 13.7. The van der Waals surface area contributed by atoms with E-state index in [0.29, 0.717) is 31.0 Å². The van der Waals surface area contributed by atoms with Crippen LogP contribution in [-0.4, -0.2) is 33.2 Å². The number of amides is 1. The molecule has 152 valence electrons. The first-order chi connectivity index (χ1) is 13.3. The van der Waals surface area contributed by atoms with E-state index in [1.54, 1.807) is 31.2 Å². The monoisotopic (exact) mass is 404 g/mol. The van der Waals surface area contributed by atoms with Gasteiger partial charge in [0.25, 0.3) is 0 Å². The lowest BCUT2D eigenvalue weighted by atomic mass is 10.1. The van der Waals surface area contributed by atoms with Crippen LogP contribution in [0.3, 0.4) is 0 Å². The van der Waals surface area contributed by atoms with Crippen LogP contribution in [0.15, 0.2) is 48.5 Å². The number of nitrogens with one attached hydrogen (secondary N) is 1. The molecule has 0 heterocycles. The minimum Gasteiger partial charge on any atom is -0.494 e. The Bertz CT molecular complexity index is 895. The minimum atomic E-state index is -3.66. The SMILES string of the molecule is CCOc1ccc(N(C(CC)C(=O)NCc2cccc(C)c2)S(C)(=O)=O)cc1. The summed E-state index contributed by atoms with van der Waals surface area (Å²) in [6.45, 7) is 6.52. The zero-order valence-corrected chi connectivity index (χ0v) is 17.6. The van der Waals surface area contributed by atoms with Gasteiger partial charge in [0.1, 0.15) is 11.8 Å². The highest BCUT2D eigenvalue weighted by molar-refractivity contribution is 7.92. The van der Waals surface area contributed by atoms with E-state index in [0.717, 1.165) is 17.4 Å². The Balaban J connectivity index is 2.23. The Kier molecular flexibility index (Phi) is 7.45. The van der Waals surface area contributed by atoms with Gasteiger partial charge in [-0.25, -0.2) is 8.42 Å². The third-order valence-electron chi connectivity index (χ3n) is 4.28. The van der Waals surface area contributed by atoms with E-state index in [4.69, 9.17) is 4.74 Å². The summed E-state index contributed by atoms with van der Waals surface area (Å²) in [5.74, 6) is 0.319. The van der Waals surface area contributed by atoms with Crippen LogP contribution in [0, 0.1) is 6.92 Å². The van der Waals surface area contributed by atoms with Crippen molar-refractivity contribution in [1.82, 2.24) is 5.32 Å².